The van der Waals surface area contributed by atoms with Gasteiger partial charge in [0.25, 0.3) is 0 Å². The predicted octanol–water partition coefficient (Wildman–Crippen LogP) is 2.36. The third kappa shape index (κ3) is 5.27. The fourth-order valence-corrected chi connectivity index (χ4v) is 2.89. The average Bonchev–Trinajstić information content (AvgIpc) is 2.50. The minimum absolute atomic E-state index is 0.0567. The molecule has 5 heteroatoms. The number of ether oxygens (including phenoxy) is 1. The Morgan fingerprint density at radius 2 is 1.91 bits per heavy atom. The maximum atomic E-state index is 12.1. The van der Waals surface area contributed by atoms with Gasteiger partial charge in [0.2, 0.25) is 5.91 Å². The van der Waals surface area contributed by atoms with Crippen molar-refractivity contribution in [1.29, 1.82) is 0 Å². The van der Waals surface area contributed by atoms with Crippen LogP contribution in [0.15, 0.2) is 24.3 Å². The number of rotatable bonds is 6. The molecule has 0 aliphatic carbocycles. The number of carbonyl (C=O) groups excluding carboxylic acids is 1. The van der Waals surface area contributed by atoms with E-state index in [1.165, 1.54) is 0 Å². The molecule has 122 valence electrons. The Labute approximate surface area is 137 Å². The van der Waals surface area contributed by atoms with Crippen LogP contribution in [-0.2, 0) is 16.0 Å². The number of amides is 1. The Morgan fingerprint density at radius 3 is 2.50 bits per heavy atom. The minimum Gasteiger partial charge on any atom is -0.379 e. The standard InChI is InChI=1S/C17H25ClN2O2/c1-13(2)16(20-7-9-22-10-8-20)12-19-17(21)11-14-3-5-15(18)6-4-14/h3-6,13,16H,7-12H2,1-2H3,(H,19,21). The Kier molecular flexibility index (Phi) is 6.68. The van der Waals surface area contributed by atoms with Gasteiger partial charge < -0.3 is 10.1 Å². The van der Waals surface area contributed by atoms with Gasteiger partial charge in [0.1, 0.15) is 0 Å². The van der Waals surface area contributed by atoms with Gasteiger partial charge in [-0.25, -0.2) is 0 Å². The number of benzene rings is 1. The van der Waals surface area contributed by atoms with Gasteiger partial charge in [-0.15, -0.1) is 0 Å². The summed E-state index contributed by atoms with van der Waals surface area (Å²) in [5, 5.41) is 3.76. The summed E-state index contributed by atoms with van der Waals surface area (Å²) < 4.78 is 5.40. The van der Waals surface area contributed by atoms with Crippen molar-refractivity contribution < 1.29 is 9.53 Å². The summed E-state index contributed by atoms with van der Waals surface area (Å²) in [6.07, 6.45) is 0.394. The smallest absolute Gasteiger partial charge is 0.224 e. The average molecular weight is 325 g/mol. The molecule has 0 spiro atoms. The maximum Gasteiger partial charge on any atom is 0.224 e. The van der Waals surface area contributed by atoms with Crippen LogP contribution in [0.4, 0.5) is 0 Å². The molecule has 1 amide bonds. The van der Waals surface area contributed by atoms with Crippen LogP contribution in [0.2, 0.25) is 5.02 Å². The van der Waals surface area contributed by atoms with Gasteiger partial charge in [0.15, 0.2) is 0 Å². The molecule has 1 saturated heterocycles. The Morgan fingerprint density at radius 1 is 1.27 bits per heavy atom. The molecule has 1 atom stereocenters. The zero-order valence-electron chi connectivity index (χ0n) is 13.3. The maximum absolute atomic E-state index is 12.1. The number of hydrogen-bond donors (Lipinski definition) is 1. The van der Waals surface area contributed by atoms with E-state index in [0.717, 1.165) is 31.9 Å². The molecule has 1 aliphatic heterocycles. The lowest BCUT2D eigenvalue weighted by Crippen LogP contribution is -2.51. The quantitative estimate of drug-likeness (QED) is 0.873. The van der Waals surface area contributed by atoms with Crippen molar-refractivity contribution >= 4 is 17.5 Å². The third-order valence-corrected chi connectivity index (χ3v) is 4.32. The number of carbonyl (C=O) groups is 1. The van der Waals surface area contributed by atoms with Gasteiger partial charge in [0.05, 0.1) is 19.6 Å². The van der Waals surface area contributed by atoms with E-state index in [2.05, 4.69) is 24.1 Å². The van der Waals surface area contributed by atoms with Gasteiger partial charge in [-0.2, -0.15) is 0 Å². The van der Waals surface area contributed by atoms with Crippen molar-refractivity contribution in [2.45, 2.75) is 26.3 Å². The van der Waals surface area contributed by atoms with Crippen molar-refractivity contribution in [1.82, 2.24) is 10.2 Å². The second-order valence-corrected chi connectivity index (χ2v) is 6.50. The predicted molar refractivity (Wildman–Crippen MR) is 89.2 cm³/mol. The lowest BCUT2D eigenvalue weighted by molar-refractivity contribution is -0.120. The van der Waals surface area contributed by atoms with E-state index in [-0.39, 0.29) is 5.91 Å². The normalized spacial score (nSPS) is 17.5. The molecule has 22 heavy (non-hydrogen) atoms. The van der Waals surface area contributed by atoms with Crippen LogP contribution in [-0.4, -0.2) is 49.7 Å². The van der Waals surface area contributed by atoms with Crippen LogP contribution in [0.25, 0.3) is 0 Å². The van der Waals surface area contributed by atoms with Crippen LogP contribution in [0.3, 0.4) is 0 Å². The summed E-state index contributed by atoms with van der Waals surface area (Å²) >= 11 is 5.86. The Bertz CT molecular complexity index is 470. The number of hydrogen-bond acceptors (Lipinski definition) is 3. The zero-order valence-corrected chi connectivity index (χ0v) is 14.1. The first kappa shape index (κ1) is 17.3. The van der Waals surface area contributed by atoms with Crippen molar-refractivity contribution in [3.8, 4) is 0 Å². The van der Waals surface area contributed by atoms with Gasteiger partial charge in [0, 0.05) is 30.7 Å². The van der Waals surface area contributed by atoms with E-state index in [9.17, 15) is 4.79 Å². The van der Waals surface area contributed by atoms with E-state index >= 15 is 0 Å². The summed E-state index contributed by atoms with van der Waals surface area (Å²) in [6.45, 7) is 8.52. The van der Waals surface area contributed by atoms with Crippen molar-refractivity contribution in [3.63, 3.8) is 0 Å². The molecule has 0 saturated carbocycles. The Hall–Kier alpha value is -1.10. The van der Waals surface area contributed by atoms with Crippen molar-refractivity contribution in [2.24, 2.45) is 5.92 Å². The topological polar surface area (TPSA) is 41.6 Å². The van der Waals surface area contributed by atoms with Crippen molar-refractivity contribution in [3.05, 3.63) is 34.9 Å². The number of morpholine rings is 1. The van der Waals surface area contributed by atoms with E-state index < -0.39 is 0 Å². The molecule has 1 fully saturated rings. The molecule has 4 nitrogen and oxygen atoms in total. The SMILES string of the molecule is CC(C)C(CNC(=O)Cc1ccc(Cl)cc1)N1CCOCC1. The first-order valence-corrected chi connectivity index (χ1v) is 8.27. The van der Waals surface area contributed by atoms with Crippen LogP contribution in [0.5, 0.6) is 0 Å². The van der Waals surface area contributed by atoms with E-state index in [1.54, 1.807) is 0 Å². The molecular formula is C17H25ClN2O2. The van der Waals surface area contributed by atoms with Gasteiger partial charge in [-0.05, 0) is 23.6 Å². The number of nitrogens with one attached hydrogen (secondary N) is 1. The van der Waals surface area contributed by atoms with Crippen LogP contribution >= 0.6 is 11.6 Å². The fourth-order valence-electron chi connectivity index (χ4n) is 2.76. The highest BCUT2D eigenvalue weighted by molar-refractivity contribution is 6.30. The summed E-state index contributed by atoms with van der Waals surface area (Å²) in [5.74, 6) is 0.551. The van der Waals surface area contributed by atoms with Crippen LogP contribution < -0.4 is 5.32 Å². The molecule has 2 rings (SSSR count). The summed E-state index contributed by atoms with van der Waals surface area (Å²) in [4.78, 5) is 14.5. The van der Waals surface area contributed by atoms with E-state index in [1.807, 2.05) is 24.3 Å². The lowest BCUT2D eigenvalue weighted by atomic mass is 10.0. The molecule has 0 bridgehead atoms. The number of halogens is 1. The Balaban J connectivity index is 1.83. The zero-order chi connectivity index (χ0) is 15.9. The lowest BCUT2D eigenvalue weighted by Gasteiger charge is -2.36. The third-order valence-electron chi connectivity index (χ3n) is 4.07. The molecule has 1 aliphatic rings. The van der Waals surface area contributed by atoms with Crippen LogP contribution in [0, 0.1) is 5.92 Å². The monoisotopic (exact) mass is 324 g/mol. The fraction of sp³-hybridized carbons (Fsp3) is 0.588. The molecule has 1 aromatic carbocycles. The number of nitrogens with zero attached hydrogens (tertiary/aromatic N) is 1. The van der Waals surface area contributed by atoms with E-state index in [0.29, 0.717) is 29.9 Å². The summed E-state index contributed by atoms with van der Waals surface area (Å²) in [7, 11) is 0. The second kappa shape index (κ2) is 8.51. The van der Waals surface area contributed by atoms with Crippen LogP contribution in [0.1, 0.15) is 19.4 Å². The largest absolute Gasteiger partial charge is 0.379 e. The van der Waals surface area contributed by atoms with Crippen molar-refractivity contribution in [2.75, 3.05) is 32.8 Å². The van der Waals surface area contributed by atoms with Gasteiger partial charge >= 0.3 is 0 Å². The molecule has 0 radical (unpaired) electrons. The highest BCUT2D eigenvalue weighted by atomic mass is 35.5. The first-order valence-electron chi connectivity index (χ1n) is 7.89. The van der Waals surface area contributed by atoms with Gasteiger partial charge in [-0.3, -0.25) is 9.69 Å². The van der Waals surface area contributed by atoms with E-state index in [4.69, 9.17) is 16.3 Å². The molecule has 1 N–H and O–H groups in total. The van der Waals surface area contributed by atoms with Gasteiger partial charge in [-0.1, -0.05) is 37.6 Å². The second-order valence-electron chi connectivity index (χ2n) is 6.07. The molecule has 1 aromatic rings. The molecule has 0 aromatic heterocycles. The minimum atomic E-state index is 0.0567. The molecular weight excluding hydrogens is 300 g/mol. The highest BCUT2D eigenvalue weighted by Crippen LogP contribution is 2.13. The summed E-state index contributed by atoms with van der Waals surface area (Å²) in [6, 6.07) is 7.77. The molecule has 1 heterocycles. The summed E-state index contributed by atoms with van der Waals surface area (Å²) in [5.41, 5.74) is 0.981. The first-order chi connectivity index (χ1) is 10.6. The molecule has 1 unspecified atom stereocenters. The highest BCUT2D eigenvalue weighted by Gasteiger charge is 2.24.